The van der Waals surface area contributed by atoms with E-state index in [9.17, 15) is 40.0 Å². The molecule has 1 saturated heterocycles. The first kappa shape index (κ1) is 33.0. The van der Waals surface area contributed by atoms with Crippen LogP contribution >= 0.6 is 0 Å². The van der Waals surface area contributed by atoms with Gasteiger partial charge in [0.25, 0.3) is 0 Å². The van der Waals surface area contributed by atoms with Crippen molar-refractivity contribution in [3.05, 3.63) is 131 Å². The number of anilines is 2. The lowest BCUT2D eigenvalue weighted by Crippen LogP contribution is -2.58. The molecule has 1 atom stereocenters. The average Bonchev–Trinajstić information content (AvgIpc) is 3.61. The van der Waals surface area contributed by atoms with Gasteiger partial charge in [0.15, 0.2) is 28.2 Å². The summed E-state index contributed by atoms with van der Waals surface area (Å²) in [6.45, 7) is -0.380. The van der Waals surface area contributed by atoms with Crippen LogP contribution in [-0.4, -0.2) is 37.2 Å². The number of carbonyl (C=O) groups is 2. The molecule has 4 aromatic carbocycles. The Hall–Kier alpha value is -4.88. The van der Waals surface area contributed by atoms with Crippen molar-refractivity contribution in [2.75, 3.05) is 11.4 Å². The third-order valence-corrected chi connectivity index (χ3v) is 10.3. The van der Waals surface area contributed by atoms with E-state index < -0.39 is 68.5 Å². The molecule has 6 rings (SSSR count). The van der Waals surface area contributed by atoms with Crippen LogP contribution in [0.5, 0.6) is 0 Å². The molecule has 4 aromatic rings. The lowest BCUT2D eigenvalue weighted by molar-refractivity contribution is -0.124. The second-order valence-electron chi connectivity index (χ2n) is 11.3. The van der Waals surface area contributed by atoms with Gasteiger partial charge in [-0.1, -0.05) is 48.5 Å². The van der Waals surface area contributed by atoms with Crippen molar-refractivity contribution in [3.8, 4) is 0 Å². The number of halogens is 5. The zero-order chi connectivity index (χ0) is 34.2. The molecule has 248 valence electrons. The molecule has 0 unspecified atom stereocenters. The normalized spacial score (nSPS) is 16.3. The third-order valence-electron chi connectivity index (χ3n) is 8.32. The van der Waals surface area contributed by atoms with Gasteiger partial charge in [-0.05, 0) is 78.8 Å². The van der Waals surface area contributed by atoms with E-state index in [2.05, 4.69) is 6.08 Å². The van der Waals surface area contributed by atoms with Crippen LogP contribution < -0.4 is 4.90 Å². The molecule has 1 amide bonds. The summed E-state index contributed by atoms with van der Waals surface area (Å²) in [5.41, 5.74) is 3.54. The number of sulfonamides is 1. The Bertz CT molecular complexity index is 1990. The number of ether oxygens (including phenoxy) is 1. The van der Waals surface area contributed by atoms with E-state index in [0.717, 1.165) is 36.0 Å². The largest absolute Gasteiger partial charge is 0.457 e. The van der Waals surface area contributed by atoms with Gasteiger partial charge in [-0.25, -0.2) is 35.2 Å². The van der Waals surface area contributed by atoms with Crippen LogP contribution in [0.3, 0.4) is 0 Å². The Morgan fingerprint density at radius 3 is 1.92 bits per heavy atom. The van der Waals surface area contributed by atoms with E-state index in [-0.39, 0.29) is 24.3 Å². The molecule has 1 aliphatic heterocycles. The predicted molar refractivity (Wildman–Crippen MR) is 166 cm³/mol. The van der Waals surface area contributed by atoms with Gasteiger partial charge >= 0.3 is 5.97 Å². The van der Waals surface area contributed by atoms with Gasteiger partial charge in [0, 0.05) is 17.9 Å². The fourth-order valence-corrected chi connectivity index (χ4v) is 7.43. The van der Waals surface area contributed by atoms with Crippen LogP contribution in [0.1, 0.15) is 47.2 Å². The highest BCUT2D eigenvalue weighted by Gasteiger charge is 2.48. The summed E-state index contributed by atoms with van der Waals surface area (Å²) in [7, 11) is -5.36. The quantitative estimate of drug-likeness (QED) is 0.0794. The molecule has 0 spiro atoms. The highest BCUT2D eigenvalue weighted by molar-refractivity contribution is 7.89. The molecule has 1 heterocycles. The van der Waals surface area contributed by atoms with Gasteiger partial charge in [0.2, 0.25) is 21.7 Å². The molecule has 2 aliphatic rings. The highest BCUT2D eigenvalue weighted by atomic mass is 32.2. The number of amides is 1. The summed E-state index contributed by atoms with van der Waals surface area (Å²) >= 11 is 0. The fraction of sp³-hybridized carbons (Fsp3) is 0.200. The molecule has 0 radical (unpaired) electrons. The zero-order valence-corrected chi connectivity index (χ0v) is 26.0. The Morgan fingerprint density at radius 1 is 0.792 bits per heavy atom. The number of hydrogen-bond acceptors (Lipinski definition) is 5. The minimum Gasteiger partial charge on any atom is -0.457 e. The van der Waals surface area contributed by atoms with Crippen molar-refractivity contribution in [1.82, 2.24) is 4.31 Å². The standard InChI is InChI=1S/C35H27F5N2O5S/c36-28-29(37)31(39)33(32(40)30(28)38)48(45,46)41-19-18-27(41)34(43)42(25-14-10-23(11-15-25)22-8-4-5-9-22)26-16-12-24(13-17-26)35(44)47-20-21-6-2-1-3-7-21/h1-3,6-8,10-17,27H,4-5,9,18-20H2/t27-/m1/s1. The minimum absolute atomic E-state index is 0.0316. The molecular formula is C35H27F5N2O5S. The van der Waals surface area contributed by atoms with Gasteiger partial charge in [-0.15, -0.1) is 0 Å². The number of carbonyl (C=O) groups excluding carboxylic acids is 2. The Balaban J connectivity index is 1.32. The maximum atomic E-state index is 14.6. The summed E-state index contributed by atoms with van der Waals surface area (Å²) in [5, 5.41) is 0. The number of hydrogen-bond donors (Lipinski definition) is 0. The van der Waals surface area contributed by atoms with Crippen LogP contribution in [0.25, 0.3) is 5.57 Å². The topological polar surface area (TPSA) is 84.0 Å². The maximum Gasteiger partial charge on any atom is 0.338 e. The van der Waals surface area contributed by atoms with E-state index >= 15 is 0 Å². The maximum absolute atomic E-state index is 14.6. The van der Waals surface area contributed by atoms with Crippen LogP contribution in [0.15, 0.2) is 89.8 Å². The molecule has 1 fully saturated rings. The van der Waals surface area contributed by atoms with Gasteiger partial charge in [-0.2, -0.15) is 4.31 Å². The molecule has 7 nitrogen and oxygen atoms in total. The molecule has 48 heavy (non-hydrogen) atoms. The Labute approximate surface area is 272 Å². The fourth-order valence-electron chi connectivity index (χ4n) is 5.69. The molecule has 0 aromatic heterocycles. The van der Waals surface area contributed by atoms with Crippen molar-refractivity contribution in [3.63, 3.8) is 0 Å². The SMILES string of the molecule is O=C(OCc1ccccc1)c1ccc(N(C(=O)[C@H]2CCN2S(=O)(=O)c2c(F)c(F)c(F)c(F)c2F)c2ccc(C3=CCCC3)cc2)cc1. The molecule has 0 bridgehead atoms. The number of allylic oxidation sites excluding steroid dienone is 2. The summed E-state index contributed by atoms with van der Waals surface area (Å²) < 4.78 is 103. The van der Waals surface area contributed by atoms with E-state index in [1.165, 1.54) is 29.2 Å². The first-order valence-electron chi connectivity index (χ1n) is 15.0. The van der Waals surface area contributed by atoms with E-state index in [4.69, 9.17) is 4.74 Å². The summed E-state index contributed by atoms with van der Waals surface area (Å²) in [6.07, 6.45) is 4.85. The van der Waals surface area contributed by atoms with Crippen molar-refractivity contribution < 1.29 is 44.7 Å². The summed E-state index contributed by atoms with van der Waals surface area (Å²) in [6, 6.07) is 20.1. The summed E-state index contributed by atoms with van der Waals surface area (Å²) in [5.74, 6) is -13.9. The van der Waals surface area contributed by atoms with E-state index in [1.807, 2.05) is 6.07 Å². The van der Waals surface area contributed by atoms with Crippen molar-refractivity contribution in [1.29, 1.82) is 0 Å². The van der Waals surface area contributed by atoms with E-state index in [1.54, 1.807) is 48.5 Å². The number of nitrogens with zero attached hydrogens (tertiary/aromatic N) is 2. The second kappa shape index (κ2) is 13.3. The summed E-state index contributed by atoms with van der Waals surface area (Å²) in [4.78, 5) is 26.0. The first-order chi connectivity index (χ1) is 23.0. The number of esters is 1. The molecule has 1 aliphatic carbocycles. The highest BCUT2D eigenvalue weighted by Crippen LogP contribution is 2.37. The molecular weight excluding hydrogens is 655 g/mol. The second-order valence-corrected chi connectivity index (χ2v) is 13.1. The molecule has 0 N–H and O–H groups in total. The van der Waals surface area contributed by atoms with Gasteiger partial charge < -0.3 is 4.74 Å². The number of rotatable bonds is 9. The minimum atomic E-state index is -5.36. The van der Waals surface area contributed by atoms with Gasteiger partial charge in [0.05, 0.1) is 5.56 Å². The zero-order valence-electron chi connectivity index (χ0n) is 25.1. The van der Waals surface area contributed by atoms with Crippen LogP contribution in [0.4, 0.5) is 33.3 Å². The molecule has 13 heteroatoms. The first-order valence-corrected chi connectivity index (χ1v) is 16.4. The monoisotopic (exact) mass is 682 g/mol. The average molecular weight is 683 g/mol. The lowest BCUT2D eigenvalue weighted by Gasteiger charge is -2.41. The lowest BCUT2D eigenvalue weighted by atomic mass is 10.0. The molecule has 0 saturated carbocycles. The Kier molecular flexibility index (Phi) is 9.17. The van der Waals surface area contributed by atoms with Crippen LogP contribution in [-0.2, 0) is 26.2 Å². The Morgan fingerprint density at radius 2 is 1.38 bits per heavy atom. The van der Waals surface area contributed by atoms with Crippen LogP contribution in [0.2, 0.25) is 0 Å². The van der Waals surface area contributed by atoms with Crippen LogP contribution in [0, 0.1) is 29.1 Å². The van der Waals surface area contributed by atoms with Gasteiger partial charge in [-0.3, -0.25) is 9.69 Å². The van der Waals surface area contributed by atoms with Crippen molar-refractivity contribution >= 4 is 38.8 Å². The van der Waals surface area contributed by atoms with Crippen molar-refractivity contribution in [2.45, 2.75) is 43.2 Å². The third kappa shape index (κ3) is 6.11. The van der Waals surface area contributed by atoms with E-state index in [0.29, 0.717) is 9.99 Å². The van der Waals surface area contributed by atoms with Gasteiger partial charge in [0.1, 0.15) is 12.6 Å². The smallest absolute Gasteiger partial charge is 0.338 e. The van der Waals surface area contributed by atoms with Crippen molar-refractivity contribution in [2.24, 2.45) is 0 Å². The predicted octanol–water partition coefficient (Wildman–Crippen LogP) is 7.43. The number of benzene rings is 4.